The van der Waals surface area contributed by atoms with Gasteiger partial charge in [-0.3, -0.25) is 4.79 Å². The zero-order valence-corrected chi connectivity index (χ0v) is 17.8. The van der Waals surface area contributed by atoms with Gasteiger partial charge in [0, 0.05) is 30.3 Å². The first-order valence-electron chi connectivity index (χ1n) is 11.5. The number of anilines is 1. The molecule has 5 heteroatoms. The lowest BCUT2D eigenvalue weighted by Crippen LogP contribution is -2.44. The number of carbonyl (C=O) groups excluding carboxylic acids is 1. The minimum absolute atomic E-state index is 0.132. The summed E-state index contributed by atoms with van der Waals surface area (Å²) in [7, 11) is 0. The van der Waals surface area contributed by atoms with Crippen molar-refractivity contribution in [3.63, 3.8) is 0 Å². The van der Waals surface area contributed by atoms with Crippen molar-refractivity contribution in [3.8, 4) is 0 Å². The molecule has 3 aliphatic carbocycles. The predicted octanol–water partition coefficient (Wildman–Crippen LogP) is 5.82. The quantitative estimate of drug-likeness (QED) is 0.663. The lowest BCUT2D eigenvalue weighted by atomic mass is 9.56. The van der Waals surface area contributed by atoms with Crippen molar-refractivity contribution in [1.82, 2.24) is 9.55 Å². The van der Waals surface area contributed by atoms with E-state index in [-0.39, 0.29) is 11.8 Å². The smallest absolute Gasteiger partial charge is 0.227 e. The molecule has 1 N–H and O–H groups in total. The molecule has 30 heavy (non-hydrogen) atoms. The molecule has 2 aromatic rings. The van der Waals surface area contributed by atoms with Gasteiger partial charge >= 0.3 is 0 Å². The highest BCUT2D eigenvalue weighted by molar-refractivity contribution is 6.33. The molecule has 7 atom stereocenters. The summed E-state index contributed by atoms with van der Waals surface area (Å²) in [6, 6.07) is 8.12. The van der Waals surface area contributed by atoms with Gasteiger partial charge in [-0.2, -0.15) is 0 Å². The third-order valence-corrected chi connectivity index (χ3v) is 8.87. The fourth-order valence-electron chi connectivity index (χ4n) is 7.35. The Morgan fingerprint density at radius 2 is 1.77 bits per heavy atom. The average molecular weight is 422 g/mol. The van der Waals surface area contributed by atoms with Gasteiger partial charge in [-0.1, -0.05) is 29.8 Å². The summed E-state index contributed by atoms with van der Waals surface area (Å²) in [4.78, 5) is 17.6. The lowest BCUT2D eigenvalue weighted by molar-refractivity contribution is -0.122. The Bertz CT molecular complexity index is 998. The molecule has 3 fully saturated rings. The molecule has 1 aliphatic heterocycles. The van der Waals surface area contributed by atoms with E-state index < -0.39 is 0 Å². The fraction of sp³-hybridized carbons (Fsp3) is 0.520. The number of carbonyl (C=O) groups is 1. The van der Waals surface area contributed by atoms with E-state index in [1.807, 2.05) is 30.5 Å². The van der Waals surface area contributed by atoms with E-state index in [1.165, 1.54) is 32.1 Å². The second-order valence-electron chi connectivity index (χ2n) is 9.66. The van der Waals surface area contributed by atoms with Crippen LogP contribution < -0.4 is 5.32 Å². The number of amides is 1. The number of hydrogen-bond acceptors (Lipinski definition) is 2. The minimum atomic E-state index is 0.132. The van der Waals surface area contributed by atoms with Crippen LogP contribution in [0.1, 0.15) is 50.4 Å². The summed E-state index contributed by atoms with van der Waals surface area (Å²) in [6.07, 6.45) is 15.9. The first-order chi connectivity index (χ1) is 14.7. The molecule has 1 unspecified atom stereocenters. The third-order valence-electron chi connectivity index (χ3n) is 8.54. The predicted molar refractivity (Wildman–Crippen MR) is 119 cm³/mol. The number of hydrogen-bond donors (Lipinski definition) is 1. The second-order valence-corrected chi connectivity index (χ2v) is 10.1. The number of nitrogens with zero attached hydrogens (tertiary/aromatic N) is 2. The molecular formula is C25H28ClN3O. The minimum Gasteiger partial charge on any atom is -0.328 e. The van der Waals surface area contributed by atoms with Crippen molar-refractivity contribution in [2.75, 3.05) is 5.32 Å². The summed E-state index contributed by atoms with van der Waals surface area (Å²) in [6.45, 7) is 0. The van der Waals surface area contributed by atoms with Gasteiger partial charge in [0.15, 0.2) is 0 Å². The van der Waals surface area contributed by atoms with Crippen molar-refractivity contribution in [2.24, 2.45) is 35.5 Å². The molecule has 3 saturated carbocycles. The van der Waals surface area contributed by atoms with Crippen molar-refractivity contribution in [1.29, 1.82) is 0 Å². The summed E-state index contributed by atoms with van der Waals surface area (Å²) in [5.74, 6) is 4.78. The van der Waals surface area contributed by atoms with Crippen LogP contribution in [0.3, 0.4) is 0 Å². The Morgan fingerprint density at radius 3 is 2.67 bits per heavy atom. The molecule has 2 heterocycles. The Balaban J connectivity index is 1.19. The Labute approximate surface area is 182 Å². The zero-order chi connectivity index (χ0) is 20.2. The van der Waals surface area contributed by atoms with Crippen LogP contribution >= 0.6 is 11.6 Å². The molecule has 0 radical (unpaired) electrons. The Kier molecular flexibility index (Phi) is 4.52. The number of nitrogens with one attached hydrogen (secondary N) is 1. The van der Waals surface area contributed by atoms with E-state index in [0.717, 1.165) is 29.8 Å². The number of aromatic nitrogens is 2. The average Bonchev–Trinajstić information content (AvgIpc) is 3.42. The van der Waals surface area contributed by atoms with Crippen LogP contribution in [0.5, 0.6) is 0 Å². The topological polar surface area (TPSA) is 46.9 Å². The monoisotopic (exact) mass is 421 g/mol. The van der Waals surface area contributed by atoms with Gasteiger partial charge < -0.3 is 9.88 Å². The van der Waals surface area contributed by atoms with E-state index in [4.69, 9.17) is 11.6 Å². The highest BCUT2D eigenvalue weighted by Gasteiger charge is 2.52. The van der Waals surface area contributed by atoms with Crippen LogP contribution in [0.2, 0.25) is 5.02 Å². The van der Waals surface area contributed by atoms with Crippen LogP contribution in [-0.2, 0) is 4.79 Å². The highest BCUT2D eigenvalue weighted by atomic mass is 35.5. The van der Waals surface area contributed by atoms with Gasteiger partial charge in [-0.05, 0) is 80.4 Å². The number of para-hydroxylation sites is 1. The van der Waals surface area contributed by atoms with E-state index in [2.05, 4.69) is 33.2 Å². The summed E-state index contributed by atoms with van der Waals surface area (Å²) < 4.78 is 2.40. The summed E-state index contributed by atoms with van der Waals surface area (Å²) in [5, 5.41) is 3.73. The molecule has 6 rings (SSSR count). The number of benzene rings is 1. The van der Waals surface area contributed by atoms with Crippen molar-refractivity contribution >= 4 is 29.3 Å². The molecule has 4 aliphatic rings. The van der Waals surface area contributed by atoms with Gasteiger partial charge in [-0.15, -0.1) is 0 Å². The first-order valence-corrected chi connectivity index (χ1v) is 11.8. The first kappa shape index (κ1) is 18.7. The molecule has 0 spiro atoms. The highest BCUT2D eigenvalue weighted by Crippen LogP contribution is 2.58. The maximum absolute atomic E-state index is 13.1. The van der Waals surface area contributed by atoms with Crippen molar-refractivity contribution in [3.05, 3.63) is 53.6 Å². The molecule has 0 saturated heterocycles. The van der Waals surface area contributed by atoms with Crippen LogP contribution in [0.25, 0.3) is 6.08 Å². The van der Waals surface area contributed by atoms with Crippen LogP contribution in [0.15, 0.2) is 42.7 Å². The number of allylic oxidation sites excluding steroid dienone is 1. The van der Waals surface area contributed by atoms with Gasteiger partial charge in [-0.25, -0.2) is 4.98 Å². The van der Waals surface area contributed by atoms with Gasteiger partial charge in [0.25, 0.3) is 0 Å². The Morgan fingerprint density at radius 1 is 1.00 bits per heavy atom. The molecule has 1 amide bonds. The molecule has 1 aromatic heterocycles. The van der Waals surface area contributed by atoms with Crippen LogP contribution in [0.4, 0.5) is 5.69 Å². The van der Waals surface area contributed by atoms with Crippen molar-refractivity contribution < 1.29 is 4.79 Å². The number of imidazole rings is 1. The van der Waals surface area contributed by atoms with Gasteiger partial charge in [0.1, 0.15) is 5.82 Å². The second kappa shape index (κ2) is 7.26. The maximum atomic E-state index is 13.1. The summed E-state index contributed by atoms with van der Waals surface area (Å²) in [5.41, 5.74) is 0.741. The SMILES string of the molecule is O=C(Nc1ccccc1Cl)[C@@H]1CC[C@H]2[C@@H]3CCC4[C@H](C=Cc5nccn54)[C@H]3CC[C@@H]21. The number of fused-ring (bicyclic) bond motifs is 7. The maximum Gasteiger partial charge on any atom is 0.227 e. The molecule has 1 aromatic carbocycles. The van der Waals surface area contributed by atoms with E-state index in [1.54, 1.807) is 0 Å². The molecular weight excluding hydrogens is 394 g/mol. The van der Waals surface area contributed by atoms with Crippen LogP contribution in [-0.4, -0.2) is 15.5 Å². The standard InChI is InChI=1S/C25H28ClN3O/c26-21-3-1-2-4-22(21)28-25(30)20-8-7-15-16-9-11-23-19(17(16)5-6-18(15)20)10-12-24-27-13-14-29(23)24/h1-4,10,12-20,23H,5-9,11H2,(H,28,30)/t15-,16-,17-,18-,19+,20+,23?/m0/s1. The lowest BCUT2D eigenvalue weighted by Gasteiger charge is -2.51. The van der Waals surface area contributed by atoms with Crippen molar-refractivity contribution in [2.45, 2.75) is 44.6 Å². The fourth-order valence-corrected chi connectivity index (χ4v) is 7.53. The van der Waals surface area contributed by atoms with E-state index in [0.29, 0.717) is 28.8 Å². The van der Waals surface area contributed by atoms with Crippen LogP contribution in [0, 0.1) is 35.5 Å². The summed E-state index contributed by atoms with van der Waals surface area (Å²) >= 11 is 6.27. The number of halogens is 1. The largest absolute Gasteiger partial charge is 0.328 e. The Hall–Kier alpha value is -2.07. The molecule has 4 nitrogen and oxygen atoms in total. The molecule has 0 bridgehead atoms. The van der Waals surface area contributed by atoms with E-state index >= 15 is 0 Å². The van der Waals surface area contributed by atoms with E-state index in [9.17, 15) is 4.79 Å². The molecule has 156 valence electrons. The van der Waals surface area contributed by atoms with Gasteiger partial charge in [0.05, 0.1) is 10.7 Å². The normalized spacial score (nSPS) is 36.4. The van der Waals surface area contributed by atoms with Gasteiger partial charge in [0.2, 0.25) is 5.91 Å². The number of rotatable bonds is 2. The third kappa shape index (κ3) is 2.87. The zero-order valence-electron chi connectivity index (χ0n) is 17.1.